The summed E-state index contributed by atoms with van der Waals surface area (Å²) in [5.41, 5.74) is 5.25. The Morgan fingerprint density at radius 3 is 2.38 bits per heavy atom. The van der Waals surface area contributed by atoms with E-state index < -0.39 is 12.0 Å². The number of hydrogen-bond acceptors (Lipinski definition) is 4. The molecule has 3 N–H and O–H groups in total. The maximum absolute atomic E-state index is 11.4. The molecule has 0 aromatic rings. The van der Waals surface area contributed by atoms with Crippen molar-refractivity contribution in [1.29, 1.82) is 0 Å². The summed E-state index contributed by atoms with van der Waals surface area (Å²) < 4.78 is 4.63. The highest BCUT2D eigenvalue weighted by atomic mass is 35.5. The van der Waals surface area contributed by atoms with E-state index in [1.165, 1.54) is 7.11 Å². The molecule has 0 heterocycles. The van der Waals surface area contributed by atoms with Crippen LogP contribution < -0.4 is 11.1 Å². The molecule has 0 aromatic carbocycles. The molecule has 0 radical (unpaired) electrons. The normalized spacial score (nSPS) is 13.2. The van der Waals surface area contributed by atoms with E-state index in [0.29, 0.717) is 0 Å². The molecule has 0 aliphatic heterocycles. The van der Waals surface area contributed by atoms with Gasteiger partial charge < -0.3 is 15.8 Å². The van der Waals surface area contributed by atoms with Crippen LogP contribution in [0.25, 0.3) is 0 Å². The van der Waals surface area contributed by atoms with Crippen molar-refractivity contribution < 1.29 is 14.3 Å². The lowest BCUT2D eigenvalue weighted by atomic mass is 9.99. The smallest absolute Gasteiger partial charge is 0.328 e. The molecule has 0 bridgehead atoms. The maximum atomic E-state index is 11.4. The van der Waals surface area contributed by atoms with Crippen molar-refractivity contribution in [2.75, 3.05) is 13.7 Å². The third kappa shape index (κ3) is 5.92. The fourth-order valence-corrected chi connectivity index (χ4v) is 1.17. The number of esters is 1. The highest BCUT2D eigenvalue weighted by molar-refractivity contribution is 5.85. The van der Waals surface area contributed by atoms with Gasteiger partial charge in [0.05, 0.1) is 7.11 Å². The average molecular weight is 253 g/mol. The van der Waals surface area contributed by atoms with Gasteiger partial charge in [-0.15, -0.1) is 12.4 Å². The third-order valence-electron chi connectivity index (χ3n) is 2.36. The minimum atomic E-state index is -0.570. The van der Waals surface area contributed by atoms with Gasteiger partial charge in [0, 0.05) is 13.0 Å². The predicted octanol–water partition coefficient (Wildman–Crippen LogP) is 0.461. The Labute approximate surface area is 103 Å². The zero-order valence-electron chi connectivity index (χ0n) is 9.99. The molecule has 0 aromatic heterocycles. The van der Waals surface area contributed by atoms with E-state index in [4.69, 9.17) is 5.73 Å². The standard InChI is InChI=1S/C10H20N2O3.ClH/c1-4-7(2)9(10(14)15-3)12-8(13)5-6-11;/h7,9H,4-6,11H2,1-3H3,(H,12,13);1H/t7-,9-;/m0./s1. The summed E-state index contributed by atoms with van der Waals surface area (Å²) in [7, 11) is 1.31. The number of halogens is 1. The van der Waals surface area contributed by atoms with Gasteiger partial charge in [0.25, 0.3) is 0 Å². The van der Waals surface area contributed by atoms with E-state index in [1.54, 1.807) is 0 Å². The Bertz CT molecular complexity index is 224. The molecule has 0 aliphatic carbocycles. The van der Waals surface area contributed by atoms with Crippen LogP contribution in [-0.4, -0.2) is 31.6 Å². The summed E-state index contributed by atoms with van der Waals surface area (Å²) in [4.78, 5) is 22.7. The molecule has 2 atom stereocenters. The summed E-state index contributed by atoms with van der Waals surface area (Å²) in [6.07, 6.45) is 1.02. The van der Waals surface area contributed by atoms with E-state index in [-0.39, 0.29) is 37.2 Å². The molecule has 0 saturated carbocycles. The Morgan fingerprint density at radius 1 is 1.44 bits per heavy atom. The van der Waals surface area contributed by atoms with Crippen LogP contribution in [-0.2, 0) is 14.3 Å². The second-order valence-corrected chi connectivity index (χ2v) is 3.49. The number of carbonyl (C=O) groups is 2. The maximum Gasteiger partial charge on any atom is 0.328 e. The van der Waals surface area contributed by atoms with Gasteiger partial charge in [0.1, 0.15) is 6.04 Å². The molecule has 1 amide bonds. The molecular formula is C10H21ClN2O3. The average Bonchev–Trinajstić information content (AvgIpc) is 2.24. The zero-order valence-corrected chi connectivity index (χ0v) is 10.8. The second-order valence-electron chi connectivity index (χ2n) is 3.49. The molecule has 16 heavy (non-hydrogen) atoms. The molecule has 0 fully saturated rings. The van der Waals surface area contributed by atoms with Gasteiger partial charge in [0.2, 0.25) is 5.91 Å². The van der Waals surface area contributed by atoms with Crippen molar-refractivity contribution >= 4 is 24.3 Å². The Balaban J connectivity index is 0. The first-order valence-corrected chi connectivity index (χ1v) is 5.14. The molecular weight excluding hydrogens is 232 g/mol. The molecule has 5 nitrogen and oxygen atoms in total. The van der Waals surface area contributed by atoms with E-state index in [2.05, 4.69) is 10.1 Å². The highest BCUT2D eigenvalue weighted by Crippen LogP contribution is 2.09. The number of nitrogens with two attached hydrogens (primary N) is 1. The summed E-state index contributed by atoms with van der Waals surface area (Å²) in [5.74, 6) is -0.568. The second kappa shape index (κ2) is 9.42. The van der Waals surface area contributed by atoms with Crippen molar-refractivity contribution in [3.05, 3.63) is 0 Å². The topological polar surface area (TPSA) is 81.4 Å². The summed E-state index contributed by atoms with van der Waals surface area (Å²) in [5, 5.41) is 2.63. The third-order valence-corrected chi connectivity index (χ3v) is 2.36. The van der Waals surface area contributed by atoms with Crippen LogP contribution in [0.4, 0.5) is 0 Å². The Hall–Kier alpha value is -0.810. The molecule has 6 heteroatoms. The number of amides is 1. The summed E-state index contributed by atoms with van der Waals surface area (Å²) >= 11 is 0. The lowest BCUT2D eigenvalue weighted by molar-refractivity contribution is -0.146. The van der Waals surface area contributed by atoms with Gasteiger partial charge >= 0.3 is 5.97 Å². The van der Waals surface area contributed by atoms with Crippen LogP contribution in [0.15, 0.2) is 0 Å². The number of carbonyl (C=O) groups excluding carboxylic acids is 2. The number of rotatable bonds is 6. The lowest BCUT2D eigenvalue weighted by Gasteiger charge is -2.21. The lowest BCUT2D eigenvalue weighted by Crippen LogP contribution is -2.46. The van der Waals surface area contributed by atoms with E-state index in [0.717, 1.165) is 6.42 Å². The van der Waals surface area contributed by atoms with Crippen molar-refractivity contribution in [2.24, 2.45) is 11.7 Å². The minimum Gasteiger partial charge on any atom is -0.467 e. The minimum absolute atomic E-state index is 0. The first kappa shape index (κ1) is 17.6. The van der Waals surface area contributed by atoms with Gasteiger partial charge in [-0.05, 0) is 5.92 Å². The Morgan fingerprint density at radius 2 is 2.00 bits per heavy atom. The predicted molar refractivity (Wildman–Crippen MR) is 64.3 cm³/mol. The van der Waals surface area contributed by atoms with Crippen LogP contribution >= 0.6 is 12.4 Å². The van der Waals surface area contributed by atoms with Crippen LogP contribution in [0, 0.1) is 5.92 Å². The largest absolute Gasteiger partial charge is 0.467 e. The van der Waals surface area contributed by atoms with Crippen LogP contribution in [0.1, 0.15) is 26.7 Å². The molecule has 0 saturated heterocycles. The van der Waals surface area contributed by atoms with Gasteiger partial charge in [-0.3, -0.25) is 4.79 Å². The fraction of sp³-hybridized carbons (Fsp3) is 0.800. The van der Waals surface area contributed by atoms with Gasteiger partial charge in [-0.25, -0.2) is 4.79 Å². The number of nitrogens with one attached hydrogen (secondary N) is 1. The van der Waals surface area contributed by atoms with E-state index in [1.807, 2.05) is 13.8 Å². The van der Waals surface area contributed by atoms with Crippen LogP contribution in [0.2, 0.25) is 0 Å². The van der Waals surface area contributed by atoms with Crippen molar-refractivity contribution in [3.8, 4) is 0 Å². The first-order chi connectivity index (χ1) is 7.06. The summed E-state index contributed by atoms with van der Waals surface area (Å²) in [6, 6.07) is -0.570. The number of ether oxygens (including phenoxy) is 1. The monoisotopic (exact) mass is 252 g/mol. The molecule has 0 rings (SSSR count). The van der Waals surface area contributed by atoms with E-state index >= 15 is 0 Å². The molecule has 0 spiro atoms. The van der Waals surface area contributed by atoms with Crippen molar-refractivity contribution in [3.63, 3.8) is 0 Å². The number of hydrogen-bond donors (Lipinski definition) is 2. The van der Waals surface area contributed by atoms with Crippen LogP contribution in [0.3, 0.4) is 0 Å². The van der Waals surface area contributed by atoms with Gasteiger partial charge in [0.15, 0.2) is 0 Å². The Kier molecular flexibility index (Phi) is 10.3. The van der Waals surface area contributed by atoms with Gasteiger partial charge in [-0.1, -0.05) is 20.3 Å². The SMILES string of the molecule is CC[C@H](C)[C@H](NC(=O)CCN)C(=O)OC.Cl. The number of methoxy groups -OCH3 is 1. The van der Waals surface area contributed by atoms with Crippen molar-refractivity contribution in [2.45, 2.75) is 32.7 Å². The summed E-state index contributed by atoms with van der Waals surface area (Å²) in [6.45, 7) is 4.13. The molecule has 0 unspecified atom stereocenters. The fourth-order valence-electron chi connectivity index (χ4n) is 1.17. The van der Waals surface area contributed by atoms with Gasteiger partial charge in [-0.2, -0.15) is 0 Å². The van der Waals surface area contributed by atoms with Crippen LogP contribution in [0.5, 0.6) is 0 Å². The highest BCUT2D eigenvalue weighted by Gasteiger charge is 2.26. The first-order valence-electron chi connectivity index (χ1n) is 5.14. The van der Waals surface area contributed by atoms with Crippen molar-refractivity contribution in [1.82, 2.24) is 5.32 Å². The zero-order chi connectivity index (χ0) is 11.8. The van der Waals surface area contributed by atoms with E-state index in [9.17, 15) is 9.59 Å². The quantitative estimate of drug-likeness (QED) is 0.673. The molecule has 0 aliphatic rings. The molecule has 96 valence electrons.